The molecule has 146 valence electrons. The van der Waals surface area contributed by atoms with Crippen molar-refractivity contribution < 1.29 is 4.79 Å². The smallest absolute Gasteiger partial charge is 0.229 e. The summed E-state index contributed by atoms with van der Waals surface area (Å²) in [6, 6.07) is 8.15. The average Bonchev–Trinajstić information content (AvgIpc) is 3.22. The van der Waals surface area contributed by atoms with Crippen LogP contribution in [0.5, 0.6) is 0 Å². The van der Waals surface area contributed by atoms with Gasteiger partial charge in [0.05, 0.1) is 12.1 Å². The van der Waals surface area contributed by atoms with Gasteiger partial charge in [0, 0.05) is 36.4 Å². The summed E-state index contributed by atoms with van der Waals surface area (Å²) in [7, 11) is 0. The lowest BCUT2D eigenvalue weighted by Crippen LogP contribution is -2.42. The van der Waals surface area contributed by atoms with E-state index in [1.807, 2.05) is 24.5 Å². The number of rotatable bonds is 5. The number of hydrogen-bond donors (Lipinski definition) is 2. The summed E-state index contributed by atoms with van der Waals surface area (Å²) < 4.78 is 0. The average molecular weight is 377 g/mol. The van der Waals surface area contributed by atoms with Crippen LogP contribution in [0.3, 0.4) is 0 Å². The molecule has 1 saturated heterocycles. The van der Waals surface area contributed by atoms with Crippen LogP contribution in [0.15, 0.2) is 42.9 Å². The molecule has 1 fully saturated rings. The Balaban J connectivity index is 1.48. The fraction of sp³-hybridized carbons (Fsp3) is 0.409. The zero-order chi connectivity index (χ0) is 19.5. The lowest BCUT2D eigenvalue weighted by atomic mass is 9.96. The van der Waals surface area contributed by atoms with Gasteiger partial charge in [-0.3, -0.25) is 9.89 Å². The van der Waals surface area contributed by atoms with Crippen molar-refractivity contribution in [1.82, 2.24) is 20.1 Å². The number of nitrogens with one attached hydrogen (secondary N) is 2. The van der Waals surface area contributed by atoms with E-state index in [0.29, 0.717) is 11.7 Å². The van der Waals surface area contributed by atoms with E-state index in [-0.39, 0.29) is 11.8 Å². The summed E-state index contributed by atoms with van der Waals surface area (Å²) >= 11 is 0. The van der Waals surface area contributed by atoms with Crippen LogP contribution in [0.25, 0.3) is 21.9 Å². The topological polar surface area (TPSA) is 73.9 Å². The van der Waals surface area contributed by atoms with Gasteiger partial charge in [-0.05, 0) is 48.4 Å². The summed E-state index contributed by atoms with van der Waals surface area (Å²) in [5.41, 5.74) is 2.12. The Labute approximate surface area is 165 Å². The van der Waals surface area contributed by atoms with Crippen molar-refractivity contribution in [1.29, 1.82) is 0 Å². The molecule has 6 heteroatoms. The molecule has 3 aromatic rings. The molecule has 2 aromatic heterocycles. The molecular formula is C22H27N5O. The van der Waals surface area contributed by atoms with Crippen LogP contribution in [0, 0.1) is 11.8 Å². The molecule has 3 heterocycles. The van der Waals surface area contributed by atoms with E-state index in [1.165, 1.54) is 0 Å². The quantitative estimate of drug-likeness (QED) is 0.706. The minimum atomic E-state index is 0.0299. The zero-order valence-electron chi connectivity index (χ0n) is 16.5. The van der Waals surface area contributed by atoms with Crippen molar-refractivity contribution in [2.45, 2.75) is 26.7 Å². The maximum absolute atomic E-state index is 12.8. The maximum Gasteiger partial charge on any atom is 0.229 e. The fourth-order valence-corrected chi connectivity index (χ4v) is 3.98. The molecular weight excluding hydrogens is 350 g/mol. The van der Waals surface area contributed by atoms with E-state index in [2.05, 4.69) is 51.4 Å². The standard InChI is InChI=1S/C22H27N5O/c1-15(2)13-27-7-3-4-18(14-27)22(28)26-21-9-19-8-16(20-11-24-25-12-20)5-6-17(19)10-23-21/h5-6,8-12,15,18H,3-4,7,13-14H2,1-2H3,(H,24,25)(H,23,26,28)/t18-/m1/s1. The van der Waals surface area contributed by atoms with Gasteiger partial charge in [0.2, 0.25) is 5.91 Å². The summed E-state index contributed by atoms with van der Waals surface area (Å²) in [5, 5.41) is 12.0. The minimum Gasteiger partial charge on any atom is -0.310 e. The number of H-pyrrole nitrogens is 1. The molecule has 1 atom stereocenters. The summed E-state index contributed by atoms with van der Waals surface area (Å²) in [6.07, 6.45) is 7.51. The van der Waals surface area contributed by atoms with Crippen LogP contribution < -0.4 is 5.32 Å². The van der Waals surface area contributed by atoms with Crippen molar-refractivity contribution in [3.63, 3.8) is 0 Å². The second-order valence-electron chi connectivity index (χ2n) is 8.10. The van der Waals surface area contributed by atoms with E-state index < -0.39 is 0 Å². The van der Waals surface area contributed by atoms with Gasteiger partial charge in [0.1, 0.15) is 5.82 Å². The van der Waals surface area contributed by atoms with Gasteiger partial charge < -0.3 is 10.2 Å². The highest BCUT2D eigenvalue weighted by molar-refractivity contribution is 5.95. The Kier molecular flexibility index (Phi) is 5.39. The monoisotopic (exact) mass is 377 g/mol. The molecule has 0 radical (unpaired) electrons. The van der Waals surface area contributed by atoms with Crippen molar-refractivity contribution >= 4 is 22.5 Å². The van der Waals surface area contributed by atoms with Crippen molar-refractivity contribution in [2.75, 3.05) is 25.0 Å². The van der Waals surface area contributed by atoms with Crippen LogP contribution >= 0.6 is 0 Å². The predicted molar refractivity (Wildman–Crippen MR) is 112 cm³/mol. The molecule has 0 spiro atoms. The van der Waals surface area contributed by atoms with Gasteiger partial charge in [-0.1, -0.05) is 26.0 Å². The molecule has 1 aliphatic heterocycles. The van der Waals surface area contributed by atoms with Gasteiger partial charge in [0.25, 0.3) is 0 Å². The normalized spacial score (nSPS) is 17.9. The molecule has 4 rings (SSSR count). The first-order valence-corrected chi connectivity index (χ1v) is 10.0. The summed E-state index contributed by atoms with van der Waals surface area (Å²) in [4.78, 5) is 19.6. The van der Waals surface area contributed by atoms with Crippen LogP contribution in [0.2, 0.25) is 0 Å². The van der Waals surface area contributed by atoms with Gasteiger partial charge in [-0.25, -0.2) is 4.98 Å². The van der Waals surface area contributed by atoms with Gasteiger partial charge in [0.15, 0.2) is 0 Å². The van der Waals surface area contributed by atoms with Crippen LogP contribution in [-0.4, -0.2) is 45.6 Å². The number of benzene rings is 1. The van der Waals surface area contributed by atoms with Crippen LogP contribution in [-0.2, 0) is 4.79 Å². The number of aromatic nitrogens is 3. The van der Waals surface area contributed by atoms with Gasteiger partial charge >= 0.3 is 0 Å². The van der Waals surface area contributed by atoms with Crippen molar-refractivity contribution in [2.24, 2.45) is 11.8 Å². The third-order valence-electron chi connectivity index (χ3n) is 5.30. The fourth-order valence-electron chi connectivity index (χ4n) is 3.98. The Morgan fingerprint density at radius 2 is 2.14 bits per heavy atom. The molecule has 0 bridgehead atoms. The number of anilines is 1. The molecule has 2 N–H and O–H groups in total. The number of likely N-dealkylation sites (tertiary alicyclic amines) is 1. The second-order valence-corrected chi connectivity index (χ2v) is 8.10. The predicted octanol–water partition coefficient (Wildman–Crippen LogP) is 3.93. The van der Waals surface area contributed by atoms with E-state index >= 15 is 0 Å². The highest BCUT2D eigenvalue weighted by atomic mass is 16.2. The van der Waals surface area contributed by atoms with E-state index in [1.54, 1.807) is 6.20 Å². The SMILES string of the molecule is CC(C)CN1CCC[C@@H](C(=O)Nc2cc3cc(-c4cn[nH]c4)ccc3cn2)C1. The molecule has 1 aliphatic rings. The number of carbonyl (C=O) groups is 1. The first-order chi connectivity index (χ1) is 13.6. The Hall–Kier alpha value is -2.73. The lowest BCUT2D eigenvalue weighted by molar-refractivity contribution is -0.121. The van der Waals surface area contributed by atoms with E-state index in [0.717, 1.165) is 54.4 Å². The van der Waals surface area contributed by atoms with E-state index in [9.17, 15) is 4.79 Å². The summed E-state index contributed by atoms with van der Waals surface area (Å²) in [5.74, 6) is 1.34. The van der Waals surface area contributed by atoms with Crippen molar-refractivity contribution in [3.8, 4) is 11.1 Å². The van der Waals surface area contributed by atoms with Crippen LogP contribution in [0.1, 0.15) is 26.7 Å². The minimum absolute atomic E-state index is 0.0299. The maximum atomic E-state index is 12.8. The molecule has 6 nitrogen and oxygen atoms in total. The Morgan fingerprint density at radius 3 is 2.93 bits per heavy atom. The number of fused-ring (bicyclic) bond motifs is 1. The number of amides is 1. The molecule has 0 saturated carbocycles. The first-order valence-electron chi connectivity index (χ1n) is 10.0. The molecule has 1 aromatic carbocycles. The largest absolute Gasteiger partial charge is 0.310 e. The number of hydrogen-bond acceptors (Lipinski definition) is 4. The lowest BCUT2D eigenvalue weighted by Gasteiger charge is -2.32. The zero-order valence-corrected chi connectivity index (χ0v) is 16.5. The second kappa shape index (κ2) is 8.10. The number of nitrogens with zero attached hydrogens (tertiary/aromatic N) is 3. The molecule has 0 unspecified atom stereocenters. The van der Waals surface area contributed by atoms with Crippen LogP contribution in [0.4, 0.5) is 5.82 Å². The van der Waals surface area contributed by atoms with Crippen molar-refractivity contribution in [3.05, 3.63) is 42.9 Å². The summed E-state index contributed by atoms with van der Waals surface area (Å²) in [6.45, 7) is 7.42. The highest BCUT2D eigenvalue weighted by Crippen LogP contribution is 2.25. The Morgan fingerprint density at radius 1 is 1.25 bits per heavy atom. The first kappa shape index (κ1) is 18.6. The molecule has 1 amide bonds. The number of carbonyl (C=O) groups excluding carboxylic acids is 1. The third-order valence-corrected chi connectivity index (χ3v) is 5.30. The van der Waals surface area contributed by atoms with E-state index in [4.69, 9.17) is 0 Å². The number of pyridine rings is 1. The number of aromatic amines is 1. The van der Waals surface area contributed by atoms with Gasteiger partial charge in [-0.2, -0.15) is 5.10 Å². The highest BCUT2D eigenvalue weighted by Gasteiger charge is 2.26. The molecule has 28 heavy (non-hydrogen) atoms. The Bertz CT molecular complexity index is 951. The molecule has 0 aliphatic carbocycles. The number of piperidine rings is 1. The van der Waals surface area contributed by atoms with Gasteiger partial charge in [-0.15, -0.1) is 0 Å². The third kappa shape index (κ3) is 4.22.